The number of carbonyl (C=O) groups excluding carboxylic acids is 2. The summed E-state index contributed by atoms with van der Waals surface area (Å²) in [7, 11) is 0. The van der Waals surface area contributed by atoms with Crippen LogP contribution in [-0.4, -0.2) is 30.2 Å². The number of ketones is 1. The Morgan fingerprint density at radius 2 is 2.12 bits per heavy atom. The Kier molecular flexibility index (Phi) is 3.47. The Morgan fingerprint density at radius 3 is 2.82 bits per heavy atom. The molecule has 0 N–H and O–H groups in total. The molecule has 1 aliphatic heterocycles. The first kappa shape index (κ1) is 12.1. The number of anilines is 1. The van der Waals surface area contributed by atoms with Crippen molar-refractivity contribution in [3.05, 3.63) is 29.6 Å². The second-order valence-electron chi connectivity index (χ2n) is 3.79. The van der Waals surface area contributed by atoms with E-state index in [1.165, 1.54) is 17.0 Å². The molecule has 0 aromatic heterocycles. The van der Waals surface area contributed by atoms with E-state index in [4.69, 9.17) is 0 Å². The lowest BCUT2D eigenvalue weighted by atomic mass is 10.1. The van der Waals surface area contributed by atoms with Gasteiger partial charge in [-0.2, -0.15) is 11.8 Å². The van der Waals surface area contributed by atoms with E-state index >= 15 is 0 Å². The smallest absolute Gasteiger partial charge is 0.299 e. The molecule has 0 radical (unpaired) electrons. The number of amides is 1. The normalized spacial score (nSPS) is 14.4. The van der Waals surface area contributed by atoms with Gasteiger partial charge in [0.2, 0.25) is 0 Å². The van der Waals surface area contributed by atoms with Crippen LogP contribution < -0.4 is 4.90 Å². The standard InChI is InChI=1S/C12H12FNO2S/c1-17-6-2-5-14-10-4-3-8(13)7-9(10)11(15)12(14)16/h3-4,7H,2,5-6H2,1H3. The van der Waals surface area contributed by atoms with Crippen LogP contribution >= 0.6 is 11.8 Å². The third kappa shape index (κ3) is 2.20. The number of carbonyl (C=O) groups is 2. The Labute approximate surface area is 103 Å². The van der Waals surface area contributed by atoms with E-state index in [0.717, 1.165) is 18.2 Å². The molecule has 1 amide bonds. The molecule has 0 atom stereocenters. The Balaban J connectivity index is 2.25. The summed E-state index contributed by atoms with van der Waals surface area (Å²) in [6.45, 7) is 0.504. The zero-order valence-electron chi connectivity index (χ0n) is 9.40. The molecule has 0 unspecified atom stereocenters. The van der Waals surface area contributed by atoms with Gasteiger partial charge in [-0.3, -0.25) is 9.59 Å². The van der Waals surface area contributed by atoms with Crippen LogP contribution in [0.1, 0.15) is 16.8 Å². The lowest BCUT2D eigenvalue weighted by Crippen LogP contribution is -2.30. The minimum atomic E-state index is -0.608. The number of benzene rings is 1. The molecule has 0 bridgehead atoms. The predicted octanol–water partition coefficient (Wildman–Crippen LogP) is 2.11. The summed E-state index contributed by atoms with van der Waals surface area (Å²) < 4.78 is 13.0. The third-order valence-electron chi connectivity index (χ3n) is 2.66. The van der Waals surface area contributed by atoms with Gasteiger partial charge in [-0.05, 0) is 36.6 Å². The Morgan fingerprint density at radius 1 is 1.35 bits per heavy atom. The third-order valence-corrected chi connectivity index (χ3v) is 3.36. The minimum Gasteiger partial charge on any atom is -0.305 e. The van der Waals surface area contributed by atoms with Crippen molar-refractivity contribution in [2.24, 2.45) is 0 Å². The molecule has 5 heteroatoms. The van der Waals surface area contributed by atoms with E-state index in [9.17, 15) is 14.0 Å². The highest BCUT2D eigenvalue weighted by atomic mass is 32.2. The van der Waals surface area contributed by atoms with Crippen LogP contribution in [0.25, 0.3) is 0 Å². The maximum absolute atomic E-state index is 13.0. The van der Waals surface area contributed by atoms with E-state index < -0.39 is 17.5 Å². The second kappa shape index (κ2) is 4.87. The molecule has 90 valence electrons. The SMILES string of the molecule is CSCCCN1C(=O)C(=O)c2cc(F)ccc21. The molecular formula is C12H12FNO2S. The van der Waals surface area contributed by atoms with Gasteiger partial charge in [-0.1, -0.05) is 0 Å². The summed E-state index contributed by atoms with van der Waals surface area (Å²) in [5.41, 5.74) is 0.710. The molecule has 0 saturated carbocycles. The molecule has 17 heavy (non-hydrogen) atoms. The van der Waals surface area contributed by atoms with Crippen LogP contribution in [0, 0.1) is 5.82 Å². The lowest BCUT2D eigenvalue weighted by molar-refractivity contribution is -0.114. The zero-order chi connectivity index (χ0) is 12.4. The van der Waals surface area contributed by atoms with Crippen LogP contribution in [0.4, 0.5) is 10.1 Å². The van der Waals surface area contributed by atoms with E-state index in [1.807, 2.05) is 6.26 Å². The van der Waals surface area contributed by atoms with Gasteiger partial charge in [0.1, 0.15) is 5.82 Å². The van der Waals surface area contributed by atoms with Crippen molar-refractivity contribution in [1.29, 1.82) is 0 Å². The first-order valence-electron chi connectivity index (χ1n) is 5.30. The fourth-order valence-corrected chi connectivity index (χ4v) is 2.28. The number of Topliss-reactive ketones (excluding diaryl/α,β-unsaturated/α-hetero) is 1. The predicted molar refractivity (Wildman–Crippen MR) is 66.1 cm³/mol. The van der Waals surface area contributed by atoms with Crippen molar-refractivity contribution in [3.63, 3.8) is 0 Å². The number of hydrogen-bond donors (Lipinski definition) is 0. The number of fused-ring (bicyclic) bond motifs is 1. The van der Waals surface area contributed by atoms with E-state index in [1.54, 1.807) is 11.8 Å². The molecule has 0 fully saturated rings. The molecule has 1 heterocycles. The highest BCUT2D eigenvalue weighted by molar-refractivity contribution is 7.98. The van der Waals surface area contributed by atoms with Crippen molar-refractivity contribution in [3.8, 4) is 0 Å². The van der Waals surface area contributed by atoms with Gasteiger partial charge in [0.05, 0.1) is 11.3 Å². The lowest BCUT2D eigenvalue weighted by Gasteiger charge is -2.15. The highest BCUT2D eigenvalue weighted by Gasteiger charge is 2.35. The van der Waals surface area contributed by atoms with E-state index in [0.29, 0.717) is 12.2 Å². The summed E-state index contributed by atoms with van der Waals surface area (Å²) in [5.74, 6) is -0.722. The quantitative estimate of drug-likeness (QED) is 0.609. The van der Waals surface area contributed by atoms with Gasteiger partial charge < -0.3 is 4.90 Å². The number of hydrogen-bond acceptors (Lipinski definition) is 3. The largest absolute Gasteiger partial charge is 0.305 e. The van der Waals surface area contributed by atoms with Gasteiger partial charge >= 0.3 is 0 Å². The minimum absolute atomic E-state index is 0.180. The Hall–Kier alpha value is -1.36. The van der Waals surface area contributed by atoms with Gasteiger partial charge in [0.15, 0.2) is 0 Å². The maximum Gasteiger partial charge on any atom is 0.299 e. The molecule has 2 rings (SSSR count). The average Bonchev–Trinajstić information content (AvgIpc) is 2.54. The molecule has 3 nitrogen and oxygen atoms in total. The summed E-state index contributed by atoms with van der Waals surface area (Å²) in [6.07, 6.45) is 2.80. The van der Waals surface area contributed by atoms with Crippen LogP contribution in [0.2, 0.25) is 0 Å². The summed E-state index contributed by atoms with van der Waals surface area (Å²) >= 11 is 1.69. The molecule has 0 spiro atoms. The van der Waals surface area contributed by atoms with Crippen LogP contribution in [0.5, 0.6) is 0 Å². The average molecular weight is 253 g/mol. The van der Waals surface area contributed by atoms with Crippen molar-refractivity contribution in [2.75, 3.05) is 23.5 Å². The van der Waals surface area contributed by atoms with Crippen LogP contribution in [0.3, 0.4) is 0 Å². The second-order valence-corrected chi connectivity index (χ2v) is 4.78. The molecule has 0 aliphatic carbocycles. The maximum atomic E-state index is 13.0. The fourth-order valence-electron chi connectivity index (χ4n) is 1.86. The first-order chi connectivity index (χ1) is 8.15. The summed E-state index contributed by atoms with van der Waals surface area (Å²) in [6, 6.07) is 3.89. The Bertz CT molecular complexity index is 476. The first-order valence-corrected chi connectivity index (χ1v) is 6.69. The van der Waals surface area contributed by atoms with E-state index in [-0.39, 0.29) is 5.56 Å². The summed E-state index contributed by atoms with van der Waals surface area (Å²) in [4.78, 5) is 24.8. The van der Waals surface area contributed by atoms with Crippen molar-refractivity contribution in [1.82, 2.24) is 0 Å². The molecular weight excluding hydrogens is 241 g/mol. The number of rotatable bonds is 4. The van der Waals surface area contributed by atoms with Crippen LogP contribution in [-0.2, 0) is 4.79 Å². The molecule has 1 aromatic rings. The van der Waals surface area contributed by atoms with Gasteiger partial charge in [-0.25, -0.2) is 4.39 Å². The van der Waals surface area contributed by atoms with Crippen LogP contribution in [0.15, 0.2) is 18.2 Å². The van der Waals surface area contributed by atoms with Crippen molar-refractivity contribution >= 4 is 29.1 Å². The molecule has 0 saturated heterocycles. The van der Waals surface area contributed by atoms with E-state index in [2.05, 4.69) is 0 Å². The highest BCUT2D eigenvalue weighted by Crippen LogP contribution is 2.29. The number of halogens is 1. The monoisotopic (exact) mass is 253 g/mol. The van der Waals surface area contributed by atoms with Gasteiger partial charge in [-0.15, -0.1) is 0 Å². The van der Waals surface area contributed by atoms with Gasteiger partial charge in [0.25, 0.3) is 11.7 Å². The van der Waals surface area contributed by atoms with Crippen molar-refractivity contribution < 1.29 is 14.0 Å². The molecule has 1 aromatic carbocycles. The van der Waals surface area contributed by atoms with Gasteiger partial charge in [0, 0.05) is 6.54 Å². The fraction of sp³-hybridized carbons (Fsp3) is 0.333. The summed E-state index contributed by atoms with van der Waals surface area (Å²) in [5, 5.41) is 0. The zero-order valence-corrected chi connectivity index (χ0v) is 10.2. The van der Waals surface area contributed by atoms with Crippen molar-refractivity contribution in [2.45, 2.75) is 6.42 Å². The topological polar surface area (TPSA) is 37.4 Å². The number of nitrogens with zero attached hydrogens (tertiary/aromatic N) is 1. The number of thioether (sulfide) groups is 1. The molecule has 1 aliphatic rings.